The van der Waals surface area contributed by atoms with Crippen molar-refractivity contribution in [1.29, 1.82) is 5.26 Å². The molecule has 2 nitrogen and oxygen atoms in total. The molecule has 0 aromatic heterocycles. The van der Waals surface area contributed by atoms with Crippen LogP contribution in [0.4, 0.5) is 5.69 Å². The average Bonchev–Trinajstić information content (AvgIpc) is 2.35. The first kappa shape index (κ1) is 14.6. The Morgan fingerprint density at radius 1 is 1.33 bits per heavy atom. The van der Waals surface area contributed by atoms with E-state index >= 15 is 0 Å². The van der Waals surface area contributed by atoms with E-state index in [4.69, 9.17) is 5.26 Å². The number of nitrogens with zero attached hydrogens (tertiary/aromatic N) is 2. The number of anilines is 1. The van der Waals surface area contributed by atoms with Gasteiger partial charge in [0.15, 0.2) is 0 Å². The lowest BCUT2D eigenvalue weighted by Crippen LogP contribution is -2.20. The highest BCUT2D eigenvalue weighted by Crippen LogP contribution is 2.24. The molecule has 98 valence electrons. The largest absolute Gasteiger partial charge is 0.374 e. The molecule has 0 fully saturated rings. The fourth-order valence-corrected chi connectivity index (χ4v) is 2.15. The molecule has 0 saturated carbocycles. The average molecular weight is 244 g/mol. The minimum atomic E-state index is 0.609. The van der Waals surface area contributed by atoms with Crippen LogP contribution in [0.2, 0.25) is 0 Å². The van der Waals surface area contributed by atoms with E-state index in [0.717, 1.165) is 18.5 Å². The number of unbranched alkanes of at least 4 members (excludes halogenated alkanes) is 1. The molecule has 2 heteroatoms. The second-order valence-corrected chi connectivity index (χ2v) is 5.33. The summed E-state index contributed by atoms with van der Waals surface area (Å²) in [6.07, 6.45) is 3.44. The number of hydrogen-bond donors (Lipinski definition) is 0. The molecule has 0 N–H and O–H groups in total. The summed E-state index contributed by atoms with van der Waals surface area (Å²) in [6.45, 7) is 7.72. The Morgan fingerprint density at radius 3 is 2.61 bits per heavy atom. The SMILES string of the molecule is CCCCN(C)c1ccc(C#N)cc1CC(C)C. The third-order valence-corrected chi connectivity index (χ3v) is 3.10. The Balaban J connectivity index is 2.98. The van der Waals surface area contributed by atoms with Gasteiger partial charge >= 0.3 is 0 Å². The van der Waals surface area contributed by atoms with Crippen molar-refractivity contribution in [2.75, 3.05) is 18.5 Å². The molecule has 0 spiro atoms. The molecule has 0 atom stereocenters. The van der Waals surface area contributed by atoms with Crippen molar-refractivity contribution in [2.45, 2.75) is 40.0 Å². The molecule has 0 aliphatic heterocycles. The zero-order valence-corrected chi connectivity index (χ0v) is 12.0. The maximum absolute atomic E-state index is 9.00. The zero-order valence-electron chi connectivity index (χ0n) is 12.0. The van der Waals surface area contributed by atoms with E-state index in [1.807, 2.05) is 12.1 Å². The molecule has 0 aliphatic rings. The summed E-state index contributed by atoms with van der Waals surface area (Å²) in [5.41, 5.74) is 3.33. The normalized spacial score (nSPS) is 10.4. The van der Waals surface area contributed by atoms with Crippen LogP contribution in [0.15, 0.2) is 18.2 Å². The van der Waals surface area contributed by atoms with Crippen LogP contribution in [0, 0.1) is 17.2 Å². The smallest absolute Gasteiger partial charge is 0.0991 e. The Kier molecular flexibility index (Phi) is 5.71. The number of nitriles is 1. The number of benzene rings is 1. The molecule has 0 aliphatic carbocycles. The number of hydrogen-bond acceptors (Lipinski definition) is 2. The maximum atomic E-state index is 9.00. The summed E-state index contributed by atoms with van der Waals surface area (Å²) in [4.78, 5) is 2.31. The number of rotatable bonds is 6. The van der Waals surface area contributed by atoms with E-state index in [0.29, 0.717) is 5.92 Å². The first-order valence-corrected chi connectivity index (χ1v) is 6.82. The van der Waals surface area contributed by atoms with Crippen LogP contribution in [0.3, 0.4) is 0 Å². The second-order valence-electron chi connectivity index (χ2n) is 5.33. The predicted molar refractivity (Wildman–Crippen MR) is 77.9 cm³/mol. The summed E-state index contributed by atoms with van der Waals surface area (Å²) >= 11 is 0. The lowest BCUT2D eigenvalue weighted by atomic mass is 9.98. The summed E-state index contributed by atoms with van der Waals surface area (Å²) in [7, 11) is 2.14. The lowest BCUT2D eigenvalue weighted by Gasteiger charge is -2.23. The van der Waals surface area contributed by atoms with Gasteiger partial charge in [-0.15, -0.1) is 0 Å². The van der Waals surface area contributed by atoms with E-state index < -0.39 is 0 Å². The van der Waals surface area contributed by atoms with Crippen LogP contribution in [0.5, 0.6) is 0 Å². The molecular weight excluding hydrogens is 220 g/mol. The van der Waals surface area contributed by atoms with Gasteiger partial charge in [-0.1, -0.05) is 27.2 Å². The monoisotopic (exact) mass is 244 g/mol. The summed E-state index contributed by atoms with van der Waals surface area (Å²) in [5, 5.41) is 9.00. The molecule has 0 amide bonds. The zero-order chi connectivity index (χ0) is 13.5. The van der Waals surface area contributed by atoms with Gasteiger partial charge in [0.05, 0.1) is 11.6 Å². The Morgan fingerprint density at radius 2 is 2.06 bits per heavy atom. The van der Waals surface area contributed by atoms with Gasteiger partial charge < -0.3 is 4.90 Å². The van der Waals surface area contributed by atoms with Crippen LogP contribution in [-0.4, -0.2) is 13.6 Å². The minimum Gasteiger partial charge on any atom is -0.374 e. The van der Waals surface area contributed by atoms with Gasteiger partial charge in [0.25, 0.3) is 0 Å². The van der Waals surface area contributed by atoms with Crippen molar-refractivity contribution >= 4 is 5.69 Å². The maximum Gasteiger partial charge on any atom is 0.0991 e. The summed E-state index contributed by atoms with van der Waals surface area (Å²) in [6, 6.07) is 8.28. The molecule has 1 aromatic rings. The van der Waals surface area contributed by atoms with Crippen molar-refractivity contribution in [2.24, 2.45) is 5.92 Å². The molecule has 0 bridgehead atoms. The van der Waals surface area contributed by atoms with Crippen LogP contribution in [-0.2, 0) is 6.42 Å². The fourth-order valence-electron chi connectivity index (χ4n) is 2.15. The van der Waals surface area contributed by atoms with E-state index in [2.05, 4.69) is 44.9 Å². The van der Waals surface area contributed by atoms with E-state index in [1.165, 1.54) is 24.1 Å². The van der Waals surface area contributed by atoms with Gasteiger partial charge in [-0.25, -0.2) is 0 Å². The van der Waals surface area contributed by atoms with E-state index in [-0.39, 0.29) is 0 Å². The van der Waals surface area contributed by atoms with Crippen molar-refractivity contribution in [1.82, 2.24) is 0 Å². The Labute approximate surface area is 111 Å². The highest BCUT2D eigenvalue weighted by atomic mass is 15.1. The molecule has 0 saturated heterocycles. The molecular formula is C16H24N2. The van der Waals surface area contributed by atoms with Crippen molar-refractivity contribution in [3.05, 3.63) is 29.3 Å². The Hall–Kier alpha value is -1.49. The summed E-state index contributed by atoms with van der Waals surface area (Å²) < 4.78 is 0. The second kappa shape index (κ2) is 7.06. The third kappa shape index (κ3) is 4.07. The highest BCUT2D eigenvalue weighted by molar-refractivity contribution is 5.56. The predicted octanol–water partition coefficient (Wildman–Crippen LogP) is 3.99. The van der Waals surface area contributed by atoms with Gasteiger partial charge in [-0.2, -0.15) is 5.26 Å². The molecule has 0 unspecified atom stereocenters. The molecule has 18 heavy (non-hydrogen) atoms. The summed E-state index contributed by atoms with van der Waals surface area (Å²) in [5.74, 6) is 0.609. The van der Waals surface area contributed by atoms with Gasteiger partial charge in [0, 0.05) is 19.3 Å². The van der Waals surface area contributed by atoms with Gasteiger partial charge in [0.2, 0.25) is 0 Å². The van der Waals surface area contributed by atoms with Crippen LogP contribution >= 0.6 is 0 Å². The first-order chi connectivity index (χ1) is 8.58. The van der Waals surface area contributed by atoms with Crippen LogP contribution < -0.4 is 4.90 Å². The lowest BCUT2D eigenvalue weighted by molar-refractivity contribution is 0.644. The van der Waals surface area contributed by atoms with E-state index in [1.54, 1.807) is 0 Å². The minimum absolute atomic E-state index is 0.609. The first-order valence-electron chi connectivity index (χ1n) is 6.82. The Bertz CT molecular complexity index is 416. The van der Waals surface area contributed by atoms with Crippen molar-refractivity contribution in [3.8, 4) is 6.07 Å². The topological polar surface area (TPSA) is 27.0 Å². The van der Waals surface area contributed by atoms with Gasteiger partial charge in [-0.3, -0.25) is 0 Å². The van der Waals surface area contributed by atoms with E-state index in [9.17, 15) is 0 Å². The van der Waals surface area contributed by atoms with Crippen molar-refractivity contribution in [3.63, 3.8) is 0 Å². The highest BCUT2D eigenvalue weighted by Gasteiger charge is 2.09. The standard InChI is InChI=1S/C16H24N2/c1-5-6-9-18(4)16-8-7-14(12-17)11-15(16)10-13(2)3/h7-8,11,13H,5-6,9-10H2,1-4H3. The van der Waals surface area contributed by atoms with Gasteiger partial charge in [-0.05, 0) is 42.5 Å². The fraction of sp³-hybridized carbons (Fsp3) is 0.562. The van der Waals surface area contributed by atoms with Gasteiger partial charge in [0.1, 0.15) is 0 Å². The quantitative estimate of drug-likeness (QED) is 0.756. The van der Waals surface area contributed by atoms with Crippen LogP contribution in [0.25, 0.3) is 0 Å². The van der Waals surface area contributed by atoms with Crippen molar-refractivity contribution < 1.29 is 0 Å². The molecule has 1 aromatic carbocycles. The molecule has 0 heterocycles. The molecule has 1 rings (SSSR count). The third-order valence-electron chi connectivity index (χ3n) is 3.10. The molecule has 0 radical (unpaired) electrons. The van der Waals surface area contributed by atoms with Crippen LogP contribution in [0.1, 0.15) is 44.7 Å².